The maximum atomic E-state index is 14.1. The van der Waals surface area contributed by atoms with E-state index in [9.17, 15) is 14.3 Å². The molecule has 8 nitrogen and oxygen atoms in total. The second-order valence-electron chi connectivity index (χ2n) is 10.3. The van der Waals surface area contributed by atoms with Crippen LogP contribution in [0.5, 0.6) is 5.88 Å². The minimum atomic E-state index is -0.955. The average Bonchev–Trinajstić information content (AvgIpc) is 3.61. The summed E-state index contributed by atoms with van der Waals surface area (Å²) in [7, 11) is 0. The van der Waals surface area contributed by atoms with Crippen molar-refractivity contribution < 1.29 is 19.0 Å². The Kier molecular flexibility index (Phi) is 7.71. The third-order valence-corrected chi connectivity index (χ3v) is 7.81. The number of benzene rings is 2. The van der Waals surface area contributed by atoms with Gasteiger partial charge in [0.05, 0.1) is 29.7 Å². The molecule has 1 fully saturated rings. The molecule has 0 radical (unpaired) electrons. The molecular weight excluding hydrogens is 545 g/mol. The Morgan fingerprint density at radius 3 is 2.66 bits per heavy atom. The molecule has 6 rings (SSSR count). The first-order valence-corrected chi connectivity index (χ1v) is 13.9. The Hall–Kier alpha value is -4.21. The number of imidazole rings is 1. The number of aromatic amines is 1. The van der Waals surface area contributed by atoms with Crippen molar-refractivity contribution in [1.29, 1.82) is 0 Å². The highest BCUT2D eigenvalue weighted by molar-refractivity contribution is 6.30. The number of nitrogens with one attached hydrogen (secondary N) is 1. The van der Waals surface area contributed by atoms with Gasteiger partial charge in [-0.25, -0.2) is 19.2 Å². The molecule has 210 valence electrons. The SMILES string of the molecule is O=C(O)c1ccc2nc(CN3CCC(c4cccc(OCc5ccc(Cl)cc5F)n4)CC3)n(Cc3ccc[nH]3)c2c1. The molecule has 0 saturated carbocycles. The Labute approximate surface area is 241 Å². The molecule has 0 atom stereocenters. The standard InChI is InChI=1S/C31H29ClFN5O3/c32-23-8-6-22(25(33)16-23)19-41-30-5-1-4-26(36-30)20-10-13-37(14-11-20)18-29-35-27-9-7-21(31(39)40)15-28(27)38(29)17-24-3-2-12-34-24/h1-9,12,15-16,20,34H,10-11,13-14,17-19H2,(H,39,40). The maximum absolute atomic E-state index is 14.1. The predicted octanol–water partition coefficient (Wildman–Crippen LogP) is 6.26. The number of piperidine rings is 1. The van der Waals surface area contributed by atoms with E-state index in [-0.39, 0.29) is 18.1 Å². The highest BCUT2D eigenvalue weighted by atomic mass is 35.5. The van der Waals surface area contributed by atoms with Crippen LogP contribution in [0.4, 0.5) is 4.39 Å². The van der Waals surface area contributed by atoms with E-state index in [4.69, 9.17) is 26.3 Å². The van der Waals surface area contributed by atoms with Crippen LogP contribution in [0.2, 0.25) is 5.02 Å². The lowest BCUT2D eigenvalue weighted by molar-refractivity contribution is 0.0697. The number of rotatable bonds is 9. The summed E-state index contributed by atoms with van der Waals surface area (Å²) in [5, 5.41) is 9.87. The zero-order chi connectivity index (χ0) is 28.3. The van der Waals surface area contributed by atoms with Crippen molar-refractivity contribution in [3.05, 3.63) is 112 Å². The molecule has 0 amide bonds. The number of halogens is 2. The topological polar surface area (TPSA) is 96.3 Å². The molecule has 0 spiro atoms. The third kappa shape index (κ3) is 6.11. The molecule has 0 unspecified atom stereocenters. The number of pyridine rings is 1. The number of carboxylic acids is 1. The van der Waals surface area contributed by atoms with E-state index in [0.29, 0.717) is 29.6 Å². The quantitative estimate of drug-likeness (QED) is 0.216. The van der Waals surface area contributed by atoms with Crippen molar-refractivity contribution in [3.63, 3.8) is 0 Å². The van der Waals surface area contributed by atoms with Crippen molar-refractivity contribution in [2.24, 2.45) is 0 Å². The van der Waals surface area contributed by atoms with Gasteiger partial charge in [0.1, 0.15) is 18.2 Å². The van der Waals surface area contributed by atoms with E-state index in [1.54, 1.807) is 36.4 Å². The molecule has 1 aliphatic heterocycles. The second-order valence-corrected chi connectivity index (χ2v) is 10.7. The zero-order valence-electron chi connectivity index (χ0n) is 22.3. The summed E-state index contributed by atoms with van der Waals surface area (Å²) in [4.78, 5) is 26.8. The number of nitrogens with zero attached hydrogens (tertiary/aromatic N) is 4. The van der Waals surface area contributed by atoms with Gasteiger partial charge in [-0.15, -0.1) is 0 Å². The van der Waals surface area contributed by atoms with Crippen molar-refractivity contribution in [1.82, 2.24) is 24.4 Å². The molecule has 0 bridgehead atoms. The number of hydrogen-bond acceptors (Lipinski definition) is 5. The maximum Gasteiger partial charge on any atom is 0.335 e. The van der Waals surface area contributed by atoms with E-state index in [1.165, 1.54) is 6.07 Å². The Morgan fingerprint density at radius 2 is 1.90 bits per heavy atom. The summed E-state index contributed by atoms with van der Waals surface area (Å²) in [5.41, 5.74) is 4.26. The van der Waals surface area contributed by atoms with Gasteiger partial charge in [0.15, 0.2) is 0 Å². The summed E-state index contributed by atoms with van der Waals surface area (Å²) >= 11 is 5.85. The smallest absolute Gasteiger partial charge is 0.335 e. The van der Waals surface area contributed by atoms with E-state index in [1.807, 2.05) is 30.5 Å². The van der Waals surface area contributed by atoms with Gasteiger partial charge >= 0.3 is 5.97 Å². The molecule has 1 aliphatic rings. The summed E-state index contributed by atoms with van der Waals surface area (Å²) in [6.07, 6.45) is 3.75. The van der Waals surface area contributed by atoms with Gasteiger partial charge in [0, 0.05) is 40.2 Å². The summed E-state index contributed by atoms with van der Waals surface area (Å²) in [6, 6.07) is 19.3. The molecule has 2 N–H and O–H groups in total. The molecule has 41 heavy (non-hydrogen) atoms. The van der Waals surface area contributed by atoms with Gasteiger partial charge in [-0.3, -0.25) is 4.90 Å². The van der Waals surface area contributed by atoms with Crippen LogP contribution in [0.1, 0.15) is 51.9 Å². The zero-order valence-corrected chi connectivity index (χ0v) is 23.0. The largest absolute Gasteiger partial charge is 0.478 e. The summed E-state index contributed by atoms with van der Waals surface area (Å²) < 4.78 is 22.0. The number of aromatic nitrogens is 4. The van der Waals surface area contributed by atoms with Crippen LogP contribution in [-0.4, -0.2) is 48.6 Å². The fourth-order valence-corrected chi connectivity index (χ4v) is 5.51. The van der Waals surface area contributed by atoms with Crippen molar-refractivity contribution in [3.8, 4) is 5.88 Å². The van der Waals surface area contributed by atoms with Crippen LogP contribution in [0.25, 0.3) is 11.0 Å². The minimum absolute atomic E-state index is 0.0787. The van der Waals surface area contributed by atoms with Crippen LogP contribution in [-0.2, 0) is 19.7 Å². The van der Waals surface area contributed by atoms with E-state index < -0.39 is 11.8 Å². The van der Waals surface area contributed by atoms with E-state index >= 15 is 0 Å². The number of fused-ring (bicyclic) bond motifs is 1. The number of ether oxygens (including phenoxy) is 1. The third-order valence-electron chi connectivity index (χ3n) is 7.57. The van der Waals surface area contributed by atoms with Crippen LogP contribution < -0.4 is 4.74 Å². The van der Waals surface area contributed by atoms with Crippen molar-refractivity contribution in [2.45, 2.75) is 38.5 Å². The summed E-state index contributed by atoms with van der Waals surface area (Å²) in [6.45, 7) is 3.07. The molecule has 4 heterocycles. The Morgan fingerprint density at radius 1 is 1.05 bits per heavy atom. The van der Waals surface area contributed by atoms with Gasteiger partial charge in [-0.1, -0.05) is 23.7 Å². The average molecular weight is 574 g/mol. The molecular formula is C31H29ClFN5O3. The van der Waals surface area contributed by atoms with Crippen LogP contribution in [0, 0.1) is 5.82 Å². The molecule has 0 aliphatic carbocycles. The lowest BCUT2D eigenvalue weighted by atomic mass is 9.93. The Bertz CT molecular complexity index is 1680. The highest BCUT2D eigenvalue weighted by Crippen LogP contribution is 2.30. The summed E-state index contributed by atoms with van der Waals surface area (Å²) in [5.74, 6) is 0.308. The number of hydrogen-bond donors (Lipinski definition) is 2. The van der Waals surface area contributed by atoms with Gasteiger partial charge in [-0.05, 0) is 74.5 Å². The molecule has 10 heteroatoms. The lowest BCUT2D eigenvalue weighted by Crippen LogP contribution is -2.33. The first-order chi connectivity index (χ1) is 19.9. The Balaban J connectivity index is 1.13. The molecule has 2 aromatic carbocycles. The minimum Gasteiger partial charge on any atom is -0.478 e. The fourth-order valence-electron chi connectivity index (χ4n) is 5.35. The normalized spacial score (nSPS) is 14.5. The van der Waals surface area contributed by atoms with E-state index in [0.717, 1.165) is 54.2 Å². The molecule has 1 saturated heterocycles. The van der Waals surface area contributed by atoms with Gasteiger partial charge < -0.3 is 19.4 Å². The number of H-pyrrole nitrogens is 1. The van der Waals surface area contributed by atoms with Crippen LogP contribution in [0.3, 0.4) is 0 Å². The van der Waals surface area contributed by atoms with Crippen molar-refractivity contribution >= 4 is 28.6 Å². The fraction of sp³-hybridized carbons (Fsp3) is 0.258. The first-order valence-electron chi connectivity index (χ1n) is 13.5. The van der Waals surface area contributed by atoms with Gasteiger partial charge in [0.25, 0.3) is 0 Å². The van der Waals surface area contributed by atoms with Crippen LogP contribution >= 0.6 is 11.6 Å². The number of likely N-dealkylation sites (tertiary alicyclic amines) is 1. The molecule has 5 aromatic rings. The van der Waals surface area contributed by atoms with Crippen LogP contribution in [0.15, 0.2) is 72.9 Å². The molecule has 3 aromatic heterocycles. The predicted molar refractivity (Wildman–Crippen MR) is 154 cm³/mol. The lowest BCUT2D eigenvalue weighted by Gasteiger charge is -2.31. The van der Waals surface area contributed by atoms with Gasteiger partial charge in [-0.2, -0.15) is 0 Å². The highest BCUT2D eigenvalue weighted by Gasteiger charge is 2.24. The monoisotopic (exact) mass is 573 g/mol. The first kappa shape index (κ1) is 27.0. The number of carbonyl (C=O) groups is 1. The number of aromatic carboxylic acids is 1. The number of carboxylic acid groups (broad SMARTS) is 1. The van der Waals surface area contributed by atoms with Gasteiger partial charge in [0.2, 0.25) is 5.88 Å². The van der Waals surface area contributed by atoms with Crippen molar-refractivity contribution in [2.75, 3.05) is 13.1 Å². The van der Waals surface area contributed by atoms with E-state index in [2.05, 4.69) is 14.5 Å². The second kappa shape index (κ2) is 11.7.